The van der Waals surface area contributed by atoms with Crippen molar-refractivity contribution < 1.29 is 24.1 Å². The van der Waals surface area contributed by atoms with Crippen molar-refractivity contribution in [3.05, 3.63) is 59.7 Å². The number of hydrogen-bond acceptors (Lipinski definition) is 5. The molecule has 138 valence electrons. The van der Waals surface area contributed by atoms with E-state index in [1.807, 2.05) is 24.3 Å². The van der Waals surface area contributed by atoms with Gasteiger partial charge in [-0.1, -0.05) is 24.3 Å². The number of ether oxygens (including phenoxy) is 4. The Morgan fingerprint density at radius 1 is 0.808 bits per heavy atom. The third-order valence-electron chi connectivity index (χ3n) is 4.66. The van der Waals surface area contributed by atoms with Gasteiger partial charge in [-0.25, -0.2) is 0 Å². The SMILES string of the molecule is OCCC(c1ccc(OCC2CO2)cc1)c1ccc(OCC2CO2)cc1. The van der Waals surface area contributed by atoms with Crippen LogP contribution in [-0.4, -0.2) is 50.3 Å². The van der Waals surface area contributed by atoms with E-state index >= 15 is 0 Å². The van der Waals surface area contributed by atoms with Crippen molar-refractivity contribution in [2.24, 2.45) is 0 Å². The molecule has 0 radical (unpaired) electrons. The van der Waals surface area contributed by atoms with E-state index in [1.165, 1.54) is 0 Å². The minimum atomic E-state index is 0.138. The van der Waals surface area contributed by atoms with Crippen molar-refractivity contribution >= 4 is 0 Å². The first-order chi connectivity index (χ1) is 12.8. The van der Waals surface area contributed by atoms with E-state index < -0.39 is 0 Å². The van der Waals surface area contributed by atoms with Crippen LogP contribution in [0.4, 0.5) is 0 Å². The van der Waals surface area contributed by atoms with Gasteiger partial charge in [0, 0.05) is 12.5 Å². The molecule has 0 aliphatic carbocycles. The van der Waals surface area contributed by atoms with Crippen LogP contribution in [0.25, 0.3) is 0 Å². The van der Waals surface area contributed by atoms with Gasteiger partial charge in [-0.2, -0.15) is 0 Å². The molecule has 5 nitrogen and oxygen atoms in total. The van der Waals surface area contributed by atoms with E-state index in [0.29, 0.717) is 19.6 Å². The summed E-state index contributed by atoms with van der Waals surface area (Å²) in [5, 5.41) is 9.50. The summed E-state index contributed by atoms with van der Waals surface area (Å²) in [6.45, 7) is 2.94. The molecule has 2 aromatic rings. The van der Waals surface area contributed by atoms with E-state index in [0.717, 1.165) is 35.8 Å². The minimum absolute atomic E-state index is 0.138. The van der Waals surface area contributed by atoms with E-state index in [9.17, 15) is 5.11 Å². The molecule has 2 saturated heterocycles. The standard InChI is InChI=1S/C21H24O5/c22-10-9-21(15-1-5-17(6-2-15)23-11-19-13-25-19)16-3-7-18(8-4-16)24-12-20-14-26-20/h1-8,19-22H,9-14H2. The first kappa shape index (κ1) is 17.3. The Kier molecular flexibility index (Phi) is 5.39. The van der Waals surface area contributed by atoms with Gasteiger partial charge in [-0.05, 0) is 41.8 Å². The maximum atomic E-state index is 9.50. The molecule has 2 atom stereocenters. The molecule has 0 spiro atoms. The largest absolute Gasteiger partial charge is 0.491 e. The summed E-state index contributed by atoms with van der Waals surface area (Å²) < 4.78 is 21.7. The van der Waals surface area contributed by atoms with Gasteiger partial charge in [0.15, 0.2) is 0 Å². The second kappa shape index (κ2) is 8.08. The van der Waals surface area contributed by atoms with Crippen molar-refractivity contribution in [2.75, 3.05) is 33.0 Å². The first-order valence-electron chi connectivity index (χ1n) is 9.11. The van der Waals surface area contributed by atoms with Crippen molar-refractivity contribution in [3.8, 4) is 11.5 Å². The molecule has 5 heteroatoms. The van der Waals surface area contributed by atoms with Gasteiger partial charge in [0.05, 0.1) is 13.2 Å². The summed E-state index contributed by atoms with van der Waals surface area (Å²) in [7, 11) is 0. The van der Waals surface area contributed by atoms with Gasteiger partial charge in [-0.3, -0.25) is 0 Å². The van der Waals surface area contributed by atoms with Crippen LogP contribution < -0.4 is 9.47 Å². The molecule has 1 N–H and O–H groups in total. The fourth-order valence-corrected chi connectivity index (χ4v) is 2.95. The molecule has 2 aliphatic heterocycles. The molecule has 2 aromatic carbocycles. The lowest BCUT2D eigenvalue weighted by Gasteiger charge is -2.18. The van der Waals surface area contributed by atoms with Gasteiger partial charge in [0.2, 0.25) is 0 Å². The molecule has 2 fully saturated rings. The van der Waals surface area contributed by atoms with E-state index in [2.05, 4.69) is 24.3 Å². The zero-order valence-electron chi connectivity index (χ0n) is 14.7. The summed E-state index contributed by atoms with van der Waals surface area (Å²) in [4.78, 5) is 0. The van der Waals surface area contributed by atoms with E-state index in [1.54, 1.807) is 0 Å². The van der Waals surface area contributed by atoms with Gasteiger partial charge in [-0.15, -0.1) is 0 Å². The second-order valence-corrected chi connectivity index (χ2v) is 6.74. The van der Waals surface area contributed by atoms with Crippen molar-refractivity contribution in [3.63, 3.8) is 0 Å². The maximum Gasteiger partial charge on any atom is 0.119 e. The number of hydrogen-bond donors (Lipinski definition) is 1. The van der Waals surface area contributed by atoms with Crippen LogP contribution in [-0.2, 0) is 9.47 Å². The monoisotopic (exact) mass is 356 g/mol. The predicted molar refractivity (Wildman–Crippen MR) is 96.9 cm³/mol. The normalized spacial score (nSPS) is 21.9. The fraction of sp³-hybridized carbons (Fsp3) is 0.429. The highest BCUT2D eigenvalue weighted by atomic mass is 16.6. The highest BCUT2D eigenvalue weighted by molar-refractivity contribution is 5.38. The highest BCUT2D eigenvalue weighted by Crippen LogP contribution is 2.30. The molecule has 0 saturated carbocycles. The van der Waals surface area contributed by atoms with Crippen LogP contribution in [0, 0.1) is 0 Å². The number of epoxide rings is 2. The van der Waals surface area contributed by atoms with Crippen molar-refractivity contribution in [1.82, 2.24) is 0 Å². The first-order valence-corrected chi connectivity index (χ1v) is 9.11. The highest BCUT2D eigenvalue weighted by Gasteiger charge is 2.24. The summed E-state index contributed by atoms with van der Waals surface area (Å²) >= 11 is 0. The van der Waals surface area contributed by atoms with Crippen LogP contribution in [0.1, 0.15) is 23.5 Å². The molecule has 4 rings (SSSR count). The smallest absolute Gasteiger partial charge is 0.119 e. The van der Waals surface area contributed by atoms with E-state index in [4.69, 9.17) is 18.9 Å². The molecular formula is C21H24O5. The zero-order chi connectivity index (χ0) is 17.8. The quantitative estimate of drug-likeness (QED) is 0.663. The van der Waals surface area contributed by atoms with Crippen LogP contribution in [0.2, 0.25) is 0 Å². The molecule has 2 unspecified atom stereocenters. The number of aliphatic hydroxyl groups is 1. The molecule has 0 aromatic heterocycles. The van der Waals surface area contributed by atoms with Gasteiger partial charge < -0.3 is 24.1 Å². The lowest BCUT2D eigenvalue weighted by molar-refractivity contribution is 0.262. The molecule has 26 heavy (non-hydrogen) atoms. The Morgan fingerprint density at radius 2 is 1.23 bits per heavy atom. The van der Waals surface area contributed by atoms with E-state index in [-0.39, 0.29) is 24.7 Å². The molecule has 2 aliphatic rings. The lowest BCUT2D eigenvalue weighted by atomic mass is 9.89. The summed E-state index contributed by atoms with van der Waals surface area (Å²) in [6, 6.07) is 16.2. The lowest BCUT2D eigenvalue weighted by Crippen LogP contribution is -2.06. The van der Waals surface area contributed by atoms with Crippen LogP contribution in [0.3, 0.4) is 0 Å². The van der Waals surface area contributed by atoms with Gasteiger partial charge in [0.25, 0.3) is 0 Å². The molecule has 0 amide bonds. The number of benzene rings is 2. The summed E-state index contributed by atoms with van der Waals surface area (Å²) in [6.07, 6.45) is 1.18. The Morgan fingerprint density at radius 3 is 1.58 bits per heavy atom. The fourth-order valence-electron chi connectivity index (χ4n) is 2.95. The third kappa shape index (κ3) is 4.75. The Labute approximate surface area is 153 Å². The van der Waals surface area contributed by atoms with Gasteiger partial charge >= 0.3 is 0 Å². The molecule has 0 bridgehead atoms. The van der Waals surface area contributed by atoms with Crippen molar-refractivity contribution in [2.45, 2.75) is 24.5 Å². The average Bonchev–Trinajstić information content (AvgIpc) is 3.58. The number of rotatable bonds is 10. The van der Waals surface area contributed by atoms with Crippen LogP contribution >= 0.6 is 0 Å². The maximum absolute atomic E-state index is 9.50. The van der Waals surface area contributed by atoms with Crippen molar-refractivity contribution in [1.29, 1.82) is 0 Å². The van der Waals surface area contributed by atoms with Crippen LogP contribution in [0.15, 0.2) is 48.5 Å². The summed E-state index contributed by atoms with van der Waals surface area (Å²) in [5.41, 5.74) is 2.32. The Bertz CT molecular complexity index is 630. The predicted octanol–water partition coefficient (Wildman–Crippen LogP) is 2.76. The number of aliphatic hydroxyl groups excluding tert-OH is 1. The minimum Gasteiger partial charge on any atom is -0.491 e. The Hall–Kier alpha value is -2.08. The zero-order valence-corrected chi connectivity index (χ0v) is 14.7. The topological polar surface area (TPSA) is 63.8 Å². The van der Waals surface area contributed by atoms with Gasteiger partial charge in [0.1, 0.15) is 36.9 Å². The average molecular weight is 356 g/mol. The Balaban J connectivity index is 1.41. The second-order valence-electron chi connectivity index (χ2n) is 6.74. The third-order valence-corrected chi connectivity index (χ3v) is 4.66. The molecule has 2 heterocycles. The summed E-state index contributed by atoms with van der Waals surface area (Å²) in [5.74, 6) is 1.83. The van der Waals surface area contributed by atoms with Crippen LogP contribution in [0.5, 0.6) is 11.5 Å². The molecular weight excluding hydrogens is 332 g/mol.